The second-order valence-corrected chi connectivity index (χ2v) is 6.02. The van der Waals surface area contributed by atoms with Crippen molar-refractivity contribution in [2.45, 2.75) is 39.0 Å². The Morgan fingerprint density at radius 1 is 1.31 bits per heavy atom. The summed E-state index contributed by atoms with van der Waals surface area (Å²) < 4.78 is 1.02. The fourth-order valence-electron chi connectivity index (χ4n) is 1.71. The first-order valence-electron chi connectivity index (χ1n) is 5.58. The van der Waals surface area contributed by atoms with E-state index >= 15 is 0 Å². The normalized spacial score (nSPS) is 11.8. The molecule has 0 aliphatic rings. The van der Waals surface area contributed by atoms with Gasteiger partial charge in [0, 0.05) is 10.0 Å². The number of benzene rings is 1. The van der Waals surface area contributed by atoms with Crippen LogP contribution in [0.5, 0.6) is 5.75 Å². The lowest BCUT2D eigenvalue weighted by Crippen LogP contribution is -2.12. The second-order valence-electron chi connectivity index (χ2n) is 5.10. The van der Waals surface area contributed by atoms with Gasteiger partial charge in [-0.2, -0.15) is 0 Å². The summed E-state index contributed by atoms with van der Waals surface area (Å²) in [7, 11) is 0. The van der Waals surface area contributed by atoms with Gasteiger partial charge in [-0.25, -0.2) is 0 Å². The van der Waals surface area contributed by atoms with Crippen LogP contribution in [0.2, 0.25) is 0 Å². The van der Waals surface area contributed by atoms with Crippen molar-refractivity contribution < 1.29 is 5.11 Å². The Labute approximate surface area is 106 Å². The summed E-state index contributed by atoms with van der Waals surface area (Å²) in [6.45, 7) is 6.94. The molecule has 2 nitrogen and oxygen atoms in total. The summed E-state index contributed by atoms with van der Waals surface area (Å²) in [4.78, 5) is 0. The maximum Gasteiger partial charge on any atom is 0.122 e. The minimum atomic E-state index is -0.0503. The molecule has 0 atom stereocenters. The summed E-state index contributed by atoms with van der Waals surface area (Å²) in [6.07, 6.45) is 1.72. The Balaban J connectivity index is 3.16. The molecule has 0 aliphatic heterocycles. The van der Waals surface area contributed by atoms with Crippen molar-refractivity contribution >= 4 is 15.9 Å². The Morgan fingerprint density at radius 3 is 2.44 bits per heavy atom. The minimum absolute atomic E-state index is 0.0503. The van der Waals surface area contributed by atoms with Gasteiger partial charge in [-0.15, -0.1) is 0 Å². The molecule has 0 aromatic heterocycles. The van der Waals surface area contributed by atoms with Crippen molar-refractivity contribution in [2.24, 2.45) is 5.73 Å². The standard InChI is InChI=1S/C13H20BrNO/c1-13(2,3)11-8-10(14)7-9(12(11)16)5-4-6-15/h7-8,16H,4-6,15H2,1-3H3. The van der Waals surface area contributed by atoms with Crippen LogP contribution < -0.4 is 5.73 Å². The van der Waals surface area contributed by atoms with Crippen molar-refractivity contribution in [3.05, 3.63) is 27.7 Å². The summed E-state index contributed by atoms with van der Waals surface area (Å²) >= 11 is 3.49. The Kier molecular flexibility index (Phi) is 4.39. The van der Waals surface area contributed by atoms with Gasteiger partial charge >= 0.3 is 0 Å². The van der Waals surface area contributed by atoms with Gasteiger partial charge in [0.15, 0.2) is 0 Å². The highest BCUT2D eigenvalue weighted by atomic mass is 79.9. The zero-order chi connectivity index (χ0) is 12.3. The third-order valence-electron chi connectivity index (χ3n) is 2.61. The average Bonchev–Trinajstić information content (AvgIpc) is 2.17. The van der Waals surface area contributed by atoms with E-state index in [0.717, 1.165) is 28.4 Å². The van der Waals surface area contributed by atoms with E-state index in [0.29, 0.717) is 12.3 Å². The minimum Gasteiger partial charge on any atom is -0.507 e. The maximum atomic E-state index is 10.2. The van der Waals surface area contributed by atoms with Crippen molar-refractivity contribution in [3.63, 3.8) is 0 Å². The lowest BCUT2D eigenvalue weighted by atomic mass is 9.85. The van der Waals surface area contributed by atoms with E-state index < -0.39 is 0 Å². The number of phenols is 1. The van der Waals surface area contributed by atoms with Gasteiger partial charge in [-0.3, -0.25) is 0 Å². The number of rotatable bonds is 3. The highest BCUT2D eigenvalue weighted by Gasteiger charge is 2.20. The van der Waals surface area contributed by atoms with Gasteiger partial charge in [-0.1, -0.05) is 36.7 Å². The number of nitrogens with two attached hydrogens (primary N) is 1. The van der Waals surface area contributed by atoms with Gasteiger partial charge in [0.05, 0.1) is 0 Å². The molecule has 3 heteroatoms. The number of halogens is 1. The molecular formula is C13H20BrNO. The largest absolute Gasteiger partial charge is 0.507 e. The van der Waals surface area contributed by atoms with Crippen LogP contribution in [0.4, 0.5) is 0 Å². The quantitative estimate of drug-likeness (QED) is 0.895. The molecule has 0 spiro atoms. The van der Waals surface area contributed by atoms with E-state index in [1.807, 2.05) is 12.1 Å². The van der Waals surface area contributed by atoms with Gasteiger partial charge < -0.3 is 10.8 Å². The van der Waals surface area contributed by atoms with Crippen molar-refractivity contribution in [1.29, 1.82) is 0 Å². The molecular weight excluding hydrogens is 266 g/mol. The molecule has 1 aromatic carbocycles. The average molecular weight is 286 g/mol. The third kappa shape index (κ3) is 3.22. The Bertz CT molecular complexity index is 369. The lowest BCUT2D eigenvalue weighted by molar-refractivity contribution is 0.439. The number of aryl methyl sites for hydroxylation is 1. The Morgan fingerprint density at radius 2 is 1.94 bits per heavy atom. The highest BCUT2D eigenvalue weighted by Crippen LogP contribution is 2.36. The molecule has 0 unspecified atom stereocenters. The molecule has 0 bridgehead atoms. The second kappa shape index (κ2) is 5.19. The number of phenolic OH excluding ortho intramolecular Hbond substituents is 1. The van der Waals surface area contributed by atoms with E-state index in [1.54, 1.807) is 0 Å². The van der Waals surface area contributed by atoms with E-state index in [4.69, 9.17) is 5.73 Å². The maximum absolute atomic E-state index is 10.2. The summed E-state index contributed by atoms with van der Waals surface area (Å²) in [5.74, 6) is 0.421. The van der Waals surface area contributed by atoms with Crippen LogP contribution in [0.15, 0.2) is 16.6 Å². The first-order valence-corrected chi connectivity index (χ1v) is 6.37. The zero-order valence-corrected chi connectivity index (χ0v) is 11.8. The number of aromatic hydroxyl groups is 1. The predicted octanol–water partition coefficient (Wildman–Crippen LogP) is 3.34. The fourth-order valence-corrected chi connectivity index (χ4v) is 2.22. The van der Waals surface area contributed by atoms with Gasteiger partial charge in [-0.05, 0) is 42.5 Å². The van der Waals surface area contributed by atoms with E-state index in [1.165, 1.54) is 0 Å². The van der Waals surface area contributed by atoms with Gasteiger partial charge in [0.2, 0.25) is 0 Å². The van der Waals surface area contributed by atoms with Crippen LogP contribution in [0.25, 0.3) is 0 Å². The molecule has 0 amide bonds. The van der Waals surface area contributed by atoms with Crippen LogP contribution in [-0.2, 0) is 11.8 Å². The molecule has 16 heavy (non-hydrogen) atoms. The molecule has 1 aromatic rings. The topological polar surface area (TPSA) is 46.2 Å². The smallest absolute Gasteiger partial charge is 0.122 e. The number of hydrogen-bond donors (Lipinski definition) is 2. The molecule has 0 radical (unpaired) electrons. The molecule has 0 heterocycles. The van der Waals surface area contributed by atoms with Gasteiger partial charge in [0.25, 0.3) is 0 Å². The first-order chi connectivity index (χ1) is 7.36. The van der Waals surface area contributed by atoms with Crippen LogP contribution in [0.1, 0.15) is 38.3 Å². The third-order valence-corrected chi connectivity index (χ3v) is 3.07. The van der Waals surface area contributed by atoms with Crippen LogP contribution in [0, 0.1) is 0 Å². The van der Waals surface area contributed by atoms with Crippen LogP contribution in [-0.4, -0.2) is 11.7 Å². The molecule has 90 valence electrons. The summed E-state index contributed by atoms with van der Waals surface area (Å²) in [5.41, 5.74) is 7.40. The summed E-state index contributed by atoms with van der Waals surface area (Å²) in [6, 6.07) is 3.96. The summed E-state index contributed by atoms with van der Waals surface area (Å²) in [5, 5.41) is 10.2. The molecule has 1 rings (SSSR count). The lowest BCUT2D eigenvalue weighted by Gasteiger charge is -2.22. The van der Waals surface area contributed by atoms with E-state index in [9.17, 15) is 5.11 Å². The van der Waals surface area contributed by atoms with Crippen LogP contribution >= 0.6 is 15.9 Å². The fraction of sp³-hybridized carbons (Fsp3) is 0.538. The predicted molar refractivity (Wildman–Crippen MR) is 71.9 cm³/mol. The molecule has 0 fully saturated rings. The van der Waals surface area contributed by atoms with Crippen molar-refractivity contribution in [3.8, 4) is 5.75 Å². The first kappa shape index (κ1) is 13.5. The molecule has 3 N–H and O–H groups in total. The monoisotopic (exact) mass is 285 g/mol. The Hall–Kier alpha value is -0.540. The van der Waals surface area contributed by atoms with Gasteiger partial charge in [0.1, 0.15) is 5.75 Å². The molecule has 0 aliphatic carbocycles. The highest BCUT2D eigenvalue weighted by molar-refractivity contribution is 9.10. The van der Waals surface area contributed by atoms with Crippen molar-refractivity contribution in [1.82, 2.24) is 0 Å². The molecule has 0 saturated heterocycles. The van der Waals surface area contributed by atoms with Crippen molar-refractivity contribution in [2.75, 3.05) is 6.54 Å². The molecule has 0 saturated carbocycles. The van der Waals surface area contributed by atoms with E-state index in [2.05, 4.69) is 36.7 Å². The van der Waals surface area contributed by atoms with Crippen LogP contribution in [0.3, 0.4) is 0 Å². The van der Waals surface area contributed by atoms with E-state index in [-0.39, 0.29) is 5.41 Å². The number of hydrogen-bond acceptors (Lipinski definition) is 2. The zero-order valence-electron chi connectivity index (χ0n) is 10.2. The SMILES string of the molecule is CC(C)(C)c1cc(Br)cc(CCCN)c1O.